The van der Waals surface area contributed by atoms with Gasteiger partial charge in [0, 0.05) is 21.2 Å². The van der Waals surface area contributed by atoms with Gasteiger partial charge in [-0.05, 0) is 48.5 Å². The molecule has 0 atom stereocenters. The molecule has 0 spiro atoms. The van der Waals surface area contributed by atoms with Crippen molar-refractivity contribution in [2.24, 2.45) is 0 Å². The van der Waals surface area contributed by atoms with E-state index in [2.05, 4.69) is 133 Å². The van der Waals surface area contributed by atoms with E-state index in [-0.39, 0.29) is 0 Å². The molecule has 40 heavy (non-hydrogen) atoms. The third-order valence-corrected chi connectivity index (χ3v) is 10.1. The van der Waals surface area contributed by atoms with Crippen molar-refractivity contribution in [1.82, 2.24) is 0 Å². The standard InChI is InChI=1S/2C14H14P.C2H2F3.2Au.3BrH/c2*1-15(2,13-9-5-3-6-10-13)14-11-7-4-8-12-14;1-2(3,4)5;;;;;/h2*3-12H,1-2H2;1H2;;;3*1H/q3*-1;2*+1;;;/p-3. The first-order chi connectivity index (χ1) is 18.8. The van der Waals surface area contributed by atoms with Gasteiger partial charge in [-0.2, -0.15) is 41.2 Å². The first kappa shape index (κ1) is 40.5. The van der Waals surface area contributed by atoms with Crippen LogP contribution in [0.3, 0.4) is 0 Å². The topological polar surface area (TPSA) is 0 Å². The van der Waals surface area contributed by atoms with Gasteiger partial charge in [-0.1, -0.05) is 72.8 Å². The molecule has 0 heterocycles. The maximum Gasteiger partial charge on any atom is 0.268 e. The SMILES string of the molecule is [Br][Au-][Br].[Br][Au].[CH2-]C(F)(F)F.[CH2-][P+]([CH2-])(c1ccccc1)c1ccccc1.[CH2-][P+]([CH2-])(c1ccccc1)c1ccccc1. The van der Waals surface area contributed by atoms with Gasteiger partial charge >= 0.3 is 73.5 Å². The summed E-state index contributed by atoms with van der Waals surface area (Å²) in [4.78, 5) is 0. The number of hydrogen-bond donors (Lipinski definition) is 0. The molecule has 0 aliphatic heterocycles. The third-order valence-electron chi connectivity index (χ3n) is 5.00. The molecule has 0 unspecified atom stereocenters. The number of benzene rings is 4. The average Bonchev–Trinajstić information content (AvgIpc) is 2.96. The van der Waals surface area contributed by atoms with Gasteiger partial charge in [-0.25, -0.2) is 20.1 Å². The van der Waals surface area contributed by atoms with Crippen molar-refractivity contribution in [2.45, 2.75) is 6.18 Å². The molecule has 0 nitrogen and oxygen atoms in total. The Labute approximate surface area is 280 Å². The largest absolute Gasteiger partial charge is 0.268 e. The van der Waals surface area contributed by atoms with E-state index in [4.69, 9.17) is 0 Å². The summed E-state index contributed by atoms with van der Waals surface area (Å²) < 4.78 is 30.7. The predicted molar refractivity (Wildman–Crippen MR) is 178 cm³/mol. The van der Waals surface area contributed by atoms with E-state index in [1.807, 2.05) is 72.8 Å². The first-order valence-electron chi connectivity index (χ1n) is 11.1. The molecule has 4 aromatic carbocycles. The van der Waals surface area contributed by atoms with Crippen LogP contribution in [0.15, 0.2) is 121 Å². The minimum absolute atomic E-state index is 0.292. The summed E-state index contributed by atoms with van der Waals surface area (Å²) >= 11 is 11.6. The molecular weight excluding hydrogens is 1110 g/mol. The van der Waals surface area contributed by atoms with Gasteiger partial charge in [0.15, 0.2) is 0 Å². The molecule has 0 aliphatic carbocycles. The van der Waals surface area contributed by atoms with E-state index >= 15 is 0 Å². The maximum atomic E-state index is 10.2. The fraction of sp³-hybridized carbons (Fsp3) is 0.0333. The molecule has 0 bridgehead atoms. The monoisotopic (exact) mass is 1140 g/mol. The predicted octanol–water partition coefficient (Wildman–Crippen LogP) is 10.4. The summed E-state index contributed by atoms with van der Waals surface area (Å²) in [6.07, 6.45) is -4.25. The second-order valence-electron chi connectivity index (χ2n) is 7.94. The Balaban J connectivity index is 0.000000575. The molecule has 228 valence electrons. The molecular formula is C30H30Au2Br3F3P2-4. The van der Waals surface area contributed by atoms with Crippen LogP contribution in [0.4, 0.5) is 13.2 Å². The van der Waals surface area contributed by atoms with Crippen LogP contribution >= 0.6 is 53.6 Å². The summed E-state index contributed by atoms with van der Waals surface area (Å²) in [6.45, 7) is 19.0. The molecule has 10 heteroatoms. The first-order valence-corrected chi connectivity index (χ1v) is 29.6. The van der Waals surface area contributed by atoms with Crippen LogP contribution in [0.2, 0.25) is 0 Å². The molecule has 0 radical (unpaired) electrons. The van der Waals surface area contributed by atoms with Crippen molar-refractivity contribution in [1.29, 1.82) is 0 Å². The number of rotatable bonds is 4. The van der Waals surface area contributed by atoms with Crippen molar-refractivity contribution >= 4 is 74.8 Å². The minimum atomic E-state index is -4.25. The van der Waals surface area contributed by atoms with E-state index in [1.54, 1.807) is 6.92 Å². The van der Waals surface area contributed by atoms with Crippen LogP contribution in [0, 0.1) is 33.6 Å². The Morgan fingerprint density at radius 2 is 0.625 bits per heavy atom. The summed E-state index contributed by atoms with van der Waals surface area (Å²) in [6, 6.07) is 41.3. The van der Waals surface area contributed by atoms with Gasteiger partial charge < -0.3 is 0 Å². The number of hydrogen-bond acceptors (Lipinski definition) is 0. The van der Waals surface area contributed by atoms with Crippen molar-refractivity contribution < 1.29 is 47.6 Å². The van der Waals surface area contributed by atoms with Crippen molar-refractivity contribution in [3.05, 3.63) is 155 Å². The number of alkyl halides is 3. The zero-order chi connectivity index (χ0) is 30.7. The average molecular weight is 1140 g/mol. The molecule has 0 N–H and O–H groups in total. The molecule has 0 saturated carbocycles. The Kier molecular flexibility index (Phi) is 22.3. The Morgan fingerprint density at radius 1 is 0.500 bits per heavy atom. The van der Waals surface area contributed by atoms with E-state index in [1.165, 1.54) is 21.2 Å². The second-order valence-corrected chi connectivity index (χ2v) is 23.3. The van der Waals surface area contributed by atoms with E-state index in [9.17, 15) is 13.2 Å². The van der Waals surface area contributed by atoms with E-state index in [0.29, 0.717) is 15.5 Å². The number of halogens is 6. The van der Waals surface area contributed by atoms with Gasteiger partial charge in [0.1, 0.15) is 0 Å². The summed E-state index contributed by atoms with van der Waals surface area (Å²) in [5.41, 5.74) is 0. The van der Waals surface area contributed by atoms with Crippen molar-refractivity contribution in [3.8, 4) is 0 Å². The molecule has 0 aromatic heterocycles. The Bertz CT molecular complexity index is 976. The molecule has 0 fully saturated rings. The minimum Gasteiger partial charge on any atom is -0.241 e. The van der Waals surface area contributed by atoms with Gasteiger partial charge in [0.25, 0.3) is 6.18 Å². The van der Waals surface area contributed by atoms with Crippen molar-refractivity contribution in [2.75, 3.05) is 0 Å². The molecule has 0 amide bonds. The van der Waals surface area contributed by atoms with Crippen LogP contribution < -0.4 is 21.2 Å². The zero-order valence-corrected chi connectivity index (χ0v) is 32.2. The van der Waals surface area contributed by atoms with E-state index in [0.717, 1.165) is 0 Å². The van der Waals surface area contributed by atoms with Crippen LogP contribution in [0.5, 0.6) is 0 Å². The third kappa shape index (κ3) is 16.9. The summed E-state index contributed by atoms with van der Waals surface area (Å²) in [5, 5.41) is 4.99. The second kappa shape index (κ2) is 22.0. The summed E-state index contributed by atoms with van der Waals surface area (Å²) in [5.74, 6) is 0. The molecule has 4 rings (SSSR count). The smallest absolute Gasteiger partial charge is 0.241 e. The van der Waals surface area contributed by atoms with Crippen LogP contribution in [0.25, 0.3) is 0 Å². The van der Waals surface area contributed by atoms with Crippen LogP contribution in [-0.2, 0) is 34.4 Å². The van der Waals surface area contributed by atoms with Gasteiger partial charge in [0.2, 0.25) is 0 Å². The fourth-order valence-corrected chi connectivity index (χ4v) is 6.72. The van der Waals surface area contributed by atoms with Gasteiger partial charge in [-0.15, -0.1) is 0 Å². The zero-order valence-electron chi connectivity index (χ0n) is 21.3. The summed E-state index contributed by atoms with van der Waals surface area (Å²) in [7, 11) is -3.29. The van der Waals surface area contributed by atoms with Crippen molar-refractivity contribution in [3.63, 3.8) is 0 Å². The fourth-order valence-electron chi connectivity index (χ4n) is 3.15. The Morgan fingerprint density at radius 3 is 0.750 bits per heavy atom. The van der Waals surface area contributed by atoms with Gasteiger partial charge in [-0.3, -0.25) is 0 Å². The van der Waals surface area contributed by atoms with Crippen LogP contribution in [0.1, 0.15) is 0 Å². The van der Waals surface area contributed by atoms with E-state index < -0.39 is 20.7 Å². The normalized spacial score (nSPS) is 10.7. The molecule has 4 aromatic rings. The van der Waals surface area contributed by atoms with Gasteiger partial charge in [0.05, 0.1) is 0 Å². The molecule has 0 saturated heterocycles. The maximum absolute atomic E-state index is 10.2. The Hall–Kier alpha value is 0.451. The quantitative estimate of drug-likeness (QED) is 0.109. The van der Waals surface area contributed by atoms with Crippen LogP contribution in [-0.4, -0.2) is 6.18 Å². The molecule has 0 aliphatic rings.